The van der Waals surface area contributed by atoms with Crippen LogP contribution in [0.15, 0.2) is 12.2 Å². The van der Waals surface area contributed by atoms with E-state index in [1.165, 1.54) is 19.3 Å². The van der Waals surface area contributed by atoms with Gasteiger partial charge >= 0.3 is 5.97 Å². The molecule has 0 bridgehead atoms. The minimum Gasteiger partial charge on any atom is -0.466 e. The molecule has 0 aliphatic rings. The SMILES string of the molecule is CCCC(O)/C=C/C(=O)OC. The summed E-state index contributed by atoms with van der Waals surface area (Å²) in [6.07, 6.45) is 3.72. The van der Waals surface area contributed by atoms with Crippen molar-refractivity contribution in [1.82, 2.24) is 0 Å². The summed E-state index contributed by atoms with van der Waals surface area (Å²) >= 11 is 0. The van der Waals surface area contributed by atoms with Crippen molar-refractivity contribution in [3.05, 3.63) is 12.2 Å². The van der Waals surface area contributed by atoms with E-state index in [0.717, 1.165) is 6.42 Å². The molecule has 0 rings (SSSR count). The van der Waals surface area contributed by atoms with Gasteiger partial charge in [-0.25, -0.2) is 4.79 Å². The Balaban J connectivity index is 3.63. The van der Waals surface area contributed by atoms with Crippen molar-refractivity contribution in [3.63, 3.8) is 0 Å². The zero-order valence-corrected chi connectivity index (χ0v) is 6.91. The highest BCUT2D eigenvalue weighted by molar-refractivity contribution is 5.81. The number of rotatable bonds is 4. The van der Waals surface area contributed by atoms with Crippen molar-refractivity contribution >= 4 is 5.97 Å². The average Bonchev–Trinajstić information content (AvgIpc) is 2.01. The van der Waals surface area contributed by atoms with Crippen LogP contribution >= 0.6 is 0 Å². The minimum atomic E-state index is -0.529. The molecule has 3 heteroatoms. The third-order valence-electron chi connectivity index (χ3n) is 1.24. The molecule has 0 heterocycles. The van der Waals surface area contributed by atoms with Crippen molar-refractivity contribution in [3.8, 4) is 0 Å². The number of carbonyl (C=O) groups is 1. The number of hydrogen-bond donors (Lipinski definition) is 1. The van der Waals surface area contributed by atoms with Crippen LogP contribution < -0.4 is 0 Å². The molecule has 0 radical (unpaired) electrons. The van der Waals surface area contributed by atoms with Crippen LogP contribution in [0, 0.1) is 0 Å². The molecular formula is C8H14O3. The summed E-state index contributed by atoms with van der Waals surface area (Å²) < 4.78 is 4.34. The van der Waals surface area contributed by atoms with Gasteiger partial charge in [0.1, 0.15) is 0 Å². The van der Waals surface area contributed by atoms with Crippen molar-refractivity contribution in [2.45, 2.75) is 25.9 Å². The van der Waals surface area contributed by atoms with E-state index in [1.807, 2.05) is 6.92 Å². The monoisotopic (exact) mass is 158 g/mol. The second-order valence-corrected chi connectivity index (χ2v) is 2.24. The van der Waals surface area contributed by atoms with Crippen molar-refractivity contribution < 1.29 is 14.6 Å². The largest absolute Gasteiger partial charge is 0.466 e. The van der Waals surface area contributed by atoms with Crippen molar-refractivity contribution in [2.75, 3.05) is 7.11 Å². The van der Waals surface area contributed by atoms with E-state index in [1.54, 1.807) is 0 Å². The molecule has 0 fully saturated rings. The topological polar surface area (TPSA) is 46.5 Å². The molecule has 0 saturated carbocycles. The average molecular weight is 158 g/mol. The summed E-state index contributed by atoms with van der Waals surface area (Å²) in [7, 11) is 1.30. The first kappa shape index (κ1) is 10.2. The van der Waals surface area contributed by atoms with Crippen LogP contribution in [0.4, 0.5) is 0 Å². The zero-order chi connectivity index (χ0) is 8.69. The first-order chi connectivity index (χ1) is 5.20. The second-order valence-electron chi connectivity index (χ2n) is 2.24. The minimum absolute atomic E-state index is 0.430. The molecule has 64 valence electrons. The lowest BCUT2D eigenvalue weighted by molar-refractivity contribution is -0.134. The standard InChI is InChI=1S/C8H14O3/c1-3-4-7(9)5-6-8(10)11-2/h5-7,9H,3-4H2,1-2H3/b6-5+. The molecule has 3 nitrogen and oxygen atoms in total. The summed E-state index contributed by atoms with van der Waals surface area (Å²) in [5.74, 6) is -0.430. The third-order valence-corrected chi connectivity index (χ3v) is 1.24. The van der Waals surface area contributed by atoms with Crippen LogP contribution in [0.3, 0.4) is 0 Å². The van der Waals surface area contributed by atoms with Crippen LogP contribution in [-0.4, -0.2) is 24.3 Å². The Labute approximate surface area is 66.7 Å². The fourth-order valence-corrected chi connectivity index (χ4v) is 0.650. The number of aliphatic hydroxyl groups is 1. The highest BCUT2D eigenvalue weighted by atomic mass is 16.5. The number of ether oxygens (including phenoxy) is 1. The van der Waals surface area contributed by atoms with Gasteiger partial charge in [0.05, 0.1) is 13.2 Å². The maximum absolute atomic E-state index is 10.5. The predicted molar refractivity (Wildman–Crippen MR) is 42.1 cm³/mol. The number of methoxy groups -OCH3 is 1. The normalized spacial score (nSPS) is 13.4. The number of carbonyl (C=O) groups excluding carboxylic acids is 1. The molecule has 0 amide bonds. The van der Waals surface area contributed by atoms with Gasteiger partial charge in [-0.15, -0.1) is 0 Å². The van der Waals surface area contributed by atoms with Crippen LogP contribution in [0.1, 0.15) is 19.8 Å². The van der Waals surface area contributed by atoms with Gasteiger partial charge in [-0.05, 0) is 12.5 Å². The lowest BCUT2D eigenvalue weighted by Gasteiger charge is -2.00. The summed E-state index contributed by atoms with van der Waals surface area (Å²) in [6, 6.07) is 0. The van der Waals surface area contributed by atoms with Crippen LogP contribution in [-0.2, 0) is 9.53 Å². The number of esters is 1. The fourth-order valence-electron chi connectivity index (χ4n) is 0.650. The summed E-state index contributed by atoms with van der Waals surface area (Å²) in [5.41, 5.74) is 0. The van der Waals surface area contributed by atoms with E-state index in [2.05, 4.69) is 4.74 Å². The first-order valence-corrected chi connectivity index (χ1v) is 3.65. The van der Waals surface area contributed by atoms with Crippen LogP contribution in [0.2, 0.25) is 0 Å². The highest BCUT2D eigenvalue weighted by Gasteiger charge is 1.97. The summed E-state index contributed by atoms with van der Waals surface area (Å²) in [6.45, 7) is 1.97. The van der Waals surface area contributed by atoms with E-state index < -0.39 is 12.1 Å². The van der Waals surface area contributed by atoms with Gasteiger partial charge in [0.25, 0.3) is 0 Å². The second kappa shape index (κ2) is 5.92. The zero-order valence-electron chi connectivity index (χ0n) is 6.91. The predicted octanol–water partition coefficient (Wildman–Crippen LogP) is 0.877. The highest BCUT2D eigenvalue weighted by Crippen LogP contribution is 1.97. The van der Waals surface area contributed by atoms with E-state index >= 15 is 0 Å². The van der Waals surface area contributed by atoms with Crippen LogP contribution in [0.5, 0.6) is 0 Å². The lowest BCUT2D eigenvalue weighted by atomic mass is 10.2. The Bertz CT molecular complexity index is 140. The van der Waals surface area contributed by atoms with Gasteiger partial charge in [0.2, 0.25) is 0 Å². The van der Waals surface area contributed by atoms with Gasteiger partial charge in [-0.1, -0.05) is 13.3 Å². The summed E-state index contributed by atoms with van der Waals surface area (Å²) in [5, 5.41) is 9.10. The molecular weight excluding hydrogens is 144 g/mol. The quantitative estimate of drug-likeness (QED) is 0.488. The first-order valence-electron chi connectivity index (χ1n) is 3.65. The van der Waals surface area contributed by atoms with Gasteiger partial charge in [-0.3, -0.25) is 0 Å². The van der Waals surface area contributed by atoms with Crippen LogP contribution in [0.25, 0.3) is 0 Å². The molecule has 0 saturated heterocycles. The van der Waals surface area contributed by atoms with E-state index in [0.29, 0.717) is 6.42 Å². The maximum Gasteiger partial charge on any atom is 0.330 e. The summed E-state index contributed by atoms with van der Waals surface area (Å²) in [4.78, 5) is 10.5. The van der Waals surface area contributed by atoms with Gasteiger partial charge in [0.15, 0.2) is 0 Å². The molecule has 0 aliphatic carbocycles. The molecule has 1 N–H and O–H groups in total. The van der Waals surface area contributed by atoms with E-state index in [9.17, 15) is 4.79 Å². The smallest absolute Gasteiger partial charge is 0.330 e. The van der Waals surface area contributed by atoms with E-state index in [-0.39, 0.29) is 0 Å². The molecule has 11 heavy (non-hydrogen) atoms. The Morgan fingerprint density at radius 3 is 2.82 bits per heavy atom. The molecule has 0 spiro atoms. The van der Waals surface area contributed by atoms with Gasteiger partial charge < -0.3 is 9.84 Å². The lowest BCUT2D eigenvalue weighted by Crippen LogP contribution is -2.03. The Kier molecular flexibility index (Phi) is 5.47. The molecule has 0 aliphatic heterocycles. The maximum atomic E-state index is 10.5. The Morgan fingerprint density at radius 2 is 2.36 bits per heavy atom. The molecule has 0 aromatic rings. The molecule has 0 aromatic carbocycles. The van der Waals surface area contributed by atoms with Gasteiger partial charge in [0, 0.05) is 6.08 Å². The molecule has 0 aromatic heterocycles. The number of hydrogen-bond acceptors (Lipinski definition) is 3. The number of aliphatic hydroxyl groups excluding tert-OH is 1. The van der Waals surface area contributed by atoms with Gasteiger partial charge in [-0.2, -0.15) is 0 Å². The fraction of sp³-hybridized carbons (Fsp3) is 0.625. The van der Waals surface area contributed by atoms with Crippen molar-refractivity contribution in [2.24, 2.45) is 0 Å². The Morgan fingerprint density at radius 1 is 1.73 bits per heavy atom. The Hall–Kier alpha value is -0.830. The van der Waals surface area contributed by atoms with E-state index in [4.69, 9.17) is 5.11 Å². The van der Waals surface area contributed by atoms with Crippen molar-refractivity contribution in [1.29, 1.82) is 0 Å². The molecule has 1 unspecified atom stereocenters. The third kappa shape index (κ3) is 5.61. The molecule has 1 atom stereocenters.